The first-order valence-corrected chi connectivity index (χ1v) is 6.84. The molecule has 3 rings (SSSR count). The molecular formula is C15H13ClFN3O. The zero-order chi connectivity index (χ0) is 15.0. The highest BCUT2D eigenvalue weighted by molar-refractivity contribution is 6.31. The Kier molecular flexibility index (Phi) is 3.43. The fourth-order valence-electron chi connectivity index (χ4n) is 2.24. The van der Waals surface area contributed by atoms with Crippen LogP contribution in [0.3, 0.4) is 0 Å². The van der Waals surface area contributed by atoms with Crippen molar-refractivity contribution in [1.29, 1.82) is 0 Å². The number of nitrogens with zero attached hydrogens (tertiary/aromatic N) is 2. The summed E-state index contributed by atoms with van der Waals surface area (Å²) in [6.45, 7) is 2.48. The molecule has 0 atom stereocenters. The Hall–Kier alpha value is -2.27. The average molecular weight is 306 g/mol. The van der Waals surface area contributed by atoms with Crippen molar-refractivity contribution >= 4 is 28.6 Å². The van der Waals surface area contributed by atoms with Crippen molar-refractivity contribution in [2.24, 2.45) is 0 Å². The number of hydrogen-bond acceptors (Lipinski definition) is 3. The van der Waals surface area contributed by atoms with E-state index in [9.17, 15) is 4.39 Å². The quantitative estimate of drug-likeness (QED) is 0.801. The first-order chi connectivity index (χ1) is 10.1. The van der Waals surface area contributed by atoms with Crippen molar-refractivity contribution in [2.75, 3.05) is 12.3 Å². The van der Waals surface area contributed by atoms with E-state index in [4.69, 9.17) is 22.1 Å². The third kappa shape index (κ3) is 2.40. The van der Waals surface area contributed by atoms with Gasteiger partial charge in [-0.3, -0.25) is 4.57 Å². The molecule has 0 radical (unpaired) electrons. The van der Waals surface area contributed by atoms with Crippen LogP contribution in [-0.4, -0.2) is 16.2 Å². The van der Waals surface area contributed by atoms with E-state index in [-0.39, 0.29) is 11.0 Å². The van der Waals surface area contributed by atoms with Gasteiger partial charge in [0.15, 0.2) is 0 Å². The highest BCUT2D eigenvalue weighted by Gasteiger charge is 2.13. The van der Waals surface area contributed by atoms with Crippen LogP contribution in [0.2, 0.25) is 5.02 Å². The summed E-state index contributed by atoms with van der Waals surface area (Å²) in [5, 5.41) is 0.0320. The number of hydrogen-bond donors (Lipinski definition) is 1. The number of halogens is 2. The van der Waals surface area contributed by atoms with Crippen molar-refractivity contribution in [3.63, 3.8) is 0 Å². The van der Waals surface area contributed by atoms with Gasteiger partial charge >= 0.3 is 0 Å². The lowest BCUT2D eigenvalue weighted by atomic mass is 10.2. The van der Waals surface area contributed by atoms with Gasteiger partial charge in [0.05, 0.1) is 28.4 Å². The molecule has 0 fully saturated rings. The van der Waals surface area contributed by atoms with Gasteiger partial charge in [0.1, 0.15) is 11.6 Å². The van der Waals surface area contributed by atoms with Crippen molar-refractivity contribution < 1.29 is 9.13 Å². The van der Waals surface area contributed by atoms with Crippen molar-refractivity contribution in [2.45, 2.75) is 6.92 Å². The second kappa shape index (κ2) is 5.26. The summed E-state index contributed by atoms with van der Waals surface area (Å²) in [4.78, 5) is 4.17. The van der Waals surface area contributed by atoms with E-state index in [0.29, 0.717) is 17.6 Å². The number of aromatic nitrogens is 2. The second-order valence-electron chi connectivity index (χ2n) is 4.49. The van der Waals surface area contributed by atoms with E-state index in [0.717, 1.165) is 11.4 Å². The van der Waals surface area contributed by atoms with Crippen LogP contribution in [0.1, 0.15) is 6.92 Å². The molecule has 1 heterocycles. The van der Waals surface area contributed by atoms with Crippen LogP contribution >= 0.6 is 11.6 Å². The molecule has 0 spiro atoms. The Balaban J connectivity index is 2.22. The molecule has 0 bridgehead atoms. The maximum atomic E-state index is 13.5. The van der Waals surface area contributed by atoms with Crippen molar-refractivity contribution in [3.05, 3.63) is 47.2 Å². The van der Waals surface area contributed by atoms with Gasteiger partial charge in [0.25, 0.3) is 0 Å². The zero-order valence-corrected chi connectivity index (χ0v) is 12.1. The number of fused-ring (bicyclic) bond motifs is 1. The van der Waals surface area contributed by atoms with E-state index in [2.05, 4.69) is 4.98 Å². The van der Waals surface area contributed by atoms with E-state index in [1.807, 2.05) is 31.2 Å². The third-order valence-corrected chi connectivity index (χ3v) is 3.40. The van der Waals surface area contributed by atoms with Gasteiger partial charge in [-0.05, 0) is 25.1 Å². The van der Waals surface area contributed by atoms with E-state index in [1.54, 1.807) is 4.57 Å². The summed E-state index contributed by atoms with van der Waals surface area (Å²) in [7, 11) is 0. The molecule has 21 heavy (non-hydrogen) atoms. The van der Waals surface area contributed by atoms with Crippen LogP contribution < -0.4 is 10.5 Å². The van der Waals surface area contributed by atoms with Crippen LogP contribution in [-0.2, 0) is 0 Å². The minimum absolute atomic E-state index is 0.0320. The van der Waals surface area contributed by atoms with Crippen molar-refractivity contribution in [3.8, 4) is 11.4 Å². The Bertz CT molecular complexity index is 816. The summed E-state index contributed by atoms with van der Waals surface area (Å²) in [5.41, 5.74) is 7.84. The van der Waals surface area contributed by atoms with Crippen molar-refractivity contribution in [1.82, 2.24) is 9.55 Å². The fraction of sp³-hybridized carbons (Fsp3) is 0.133. The van der Waals surface area contributed by atoms with Crippen LogP contribution in [0.4, 0.5) is 10.3 Å². The van der Waals surface area contributed by atoms with Gasteiger partial charge in [-0.1, -0.05) is 17.7 Å². The number of imidazole rings is 1. The van der Waals surface area contributed by atoms with E-state index in [1.165, 1.54) is 12.1 Å². The van der Waals surface area contributed by atoms with Crippen LogP contribution in [0.15, 0.2) is 36.4 Å². The number of nitrogen functional groups attached to an aromatic ring is 1. The molecule has 108 valence electrons. The molecule has 0 saturated heterocycles. The lowest BCUT2D eigenvalue weighted by molar-refractivity contribution is 0.340. The van der Waals surface area contributed by atoms with Crippen LogP contribution in [0.5, 0.6) is 5.75 Å². The predicted octanol–water partition coefficient (Wildman–Crippen LogP) is 3.80. The fourth-order valence-corrected chi connectivity index (χ4v) is 2.40. The summed E-state index contributed by atoms with van der Waals surface area (Å²) in [6, 6.07) is 10.2. The second-order valence-corrected chi connectivity index (χ2v) is 4.90. The normalized spacial score (nSPS) is 11.0. The number of ether oxygens (including phenoxy) is 1. The van der Waals surface area contributed by atoms with Gasteiger partial charge in [-0.25, -0.2) is 9.37 Å². The lowest BCUT2D eigenvalue weighted by Gasteiger charge is -2.09. The average Bonchev–Trinajstić information content (AvgIpc) is 2.75. The molecule has 0 unspecified atom stereocenters. The van der Waals surface area contributed by atoms with Gasteiger partial charge < -0.3 is 10.5 Å². The molecule has 3 aromatic rings. The molecular weight excluding hydrogens is 293 g/mol. The molecule has 2 aromatic carbocycles. The number of rotatable bonds is 3. The minimum Gasteiger partial charge on any atom is -0.494 e. The van der Waals surface area contributed by atoms with Gasteiger partial charge in [-0.2, -0.15) is 0 Å². The molecule has 2 N–H and O–H groups in total. The highest BCUT2D eigenvalue weighted by atomic mass is 35.5. The number of benzene rings is 2. The predicted molar refractivity (Wildman–Crippen MR) is 81.6 cm³/mol. The molecule has 0 aliphatic carbocycles. The van der Waals surface area contributed by atoms with Gasteiger partial charge in [0, 0.05) is 12.1 Å². The first kappa shape index (κ1) is 13.7. The highest BCUT2D eigenvalue weighted by Crippen LogP contribution is 2.28. The Morgan fingerprint density at radius 3 is 2.90 bits per heavy atom. The molecule has 1 aromatic heterocycles. The first-order valence-electron chi connectivity index (χ1n) is 6.46. The molecule has 0 amide bonds. The number of anilines is 1. The summed E-state index contributed by atoms with van der Waals surface area (Å²) >= 11 is 5.86. The van der Waals surface area contributed by atoms with Crippen LogP contribution in [0.25, 0.3) is 16.7 Å². The minimum atomic E-state index is -0.517. The summed E-state index contributed by atoms with van der Waals surface area (Å²) in [6.07, 6.45) is 0. The Morgan fingerprint density at radius 2 is 2.14 bits per heavy atom. The van der Waals surface area contributed by atoms with Gasteiger partial charge in [0.2, 0.25) is 5.95 Å². The van der Waals surface area contributed by atoms with E-state index >= 15 is 0 Å². The lowest BCUT2D eigenvalue weighted by Crippen LogP contribution is -2.01. The van der Waals surface area contributed by atoms with E-state index < -0.39 is 5.82 Å². The topological polar surface area (TPSA) is 53.1 Å². The maximum absolute atomic E-state index is 13.5. The SMILES string of the molecule is CCOc1cccc(-n2c(N)nc3cc(F)c(Cl)cc32)c1. The molecule has 4 nitrogen and oxygen atoms in total. The zero-order valence-electron chi connectivity index (χ0n) is 11.3. The summed E-state index contributed by atoms with van der Waals surface area (Å²) < 4.78 is 20.7. The Morgan fingerprint density at radius 1 is 1.33 bits per heavy atom. The molecule has 0 aliphatic rings. The Labute approximate surface area is 125 Å². The smallest absolute Gasteiger partial charge is 0.205 e. The maximum Gasteiger partial charge on any atom is 0.205 e. The molecule has 6 heteroatoms. The largest absolute Gasteiger partial charge is 0.494 e. The third-order valence-electron chi connectivity index (χ3n) is 3.11. The van der Waals surface area contributed by atoms with Gasteiger partial charge in [-0.15, -0.1) is 0 Å². The number of nitrogens with two attached hydrogens (primary N) is 1. The molecule has 0 saturated carbocycles. The standard InChI is InChI=1S/C15H13ClFN3O/c1-2-21-10-5-3-4-9(6-10)20-14-7-11(16)12(17)8-13(14)19-15(20)18/h3-8H,2H2,1H3,(H2,18,19). The summed E-state index contributed by atoms with van der Waals surface area (Å²) in [5.74, 6) is 0.474. The monoisotopic (exact) mass is 305 g/mol. The van der Waals surface area contributed by atoms with Crippen LogP contribution in [0, 0.1) is 5.82 Å². The molecule has 0 aliphatic heterocycles.